The number of hydrogen-bond acceptors (Lipinski definition) is 1. The van der Waals surface area contributed by atoms with E-state index in [1.54, 1.807) is 0 Å². The molecule has 0 aliphatic heterocycles. The van der Waals surface area contributed by atoms with Crippen LogP contribution in [0.3, 0.4) is 0 Å². The first-order chi connectivity index (χ1) is 9.10. The summed E-state index contributed by atoms with van der Waals surface area (Å²) in [5.41, 5.74) is 2.48. The topological polar surface area (TPSA) is 20.2 Å². The fraction of sp³-hybridized carbons (Fsp3) is 0.667. The molecule has 1 saturated carbocycles. The molecule has 3 unspecified atom stereocenters. The molecule has 1 heteroatoms. The summed E-state index contributed by atoms with van der Waals surface area (Å²) in [5.74, 6) is 1.97. The highest BCUT2D eigenvalue weighted by atomic mass is 16.3. The van der Waals surface area contributed by atoms with Gasteiger partial charge in [0.15, 0.2) is 0 Å². The van der Waals surface area contributed by atoms with Gasteiger partial charge in [0.1, 0.15) is 0 Å². The third-order valence-electron chi connectivity index (χ3n) is 4.54. The molecular weight excluding hydrogens is 232 g/mol. The lowest BCUT2D eigenvalue weighted by Gasteiger charge is -2.19. The number of aliphatic hydroxyl groups is 1. The van der Waals surface area contributed by atoms with Crippen LogP contribution in [-0.4, -0.2) is 5.11 Å². The highest BCUT2D eigenvalue weighted by Gasteiger charge is 2.29. The van der Waals surface area contributed by atoms with Crippen LogP contribution in [0.1, 0.15) is 63.7 Å². The number of rotatable bonds is 5. The molecule has 0 saturated heterocycles. The molecule has 1 nitrogen and oxygen atoms in total. The Hall–Kier alpha value is -0.820. The number of aliphatic hydroxyl groups excluding tert-OH is 1. The molecule has 0 spiro atoms. The van der Waals surface area contributed by atoms with Crippen LogP contribution in [0.2, 0.25) is 0 Å². The normalized spacial score (nSPS) is 24.9. The van der Waals surface area contributed by atoms with Crippen LogP contribution in [0.5, 0.6) is 0 Å². The molecule has 3 atom stereocenters. The molecule has 1 aromatic rings. The summed E-state index contributed by atoms with van der Waals surface area (Å²) in [6.07, 6.45) is 5.78. The van der Waals surface area contributed by atoms with Crippen molar-refractivity contribution in [2.75, 3.05) is 0 Å². The molecule has 1 fully saturated rings. The van der Waals surface area contributed by atoms with Gasteiger partial charge in [-0.25, -0.2) is 0 Å². The fourth-order valence-electron chi connectivity index (χ4n) is 3.42. The molecule has 0 radical (unpaired) electrons. The second-order valence-corrected chi connectivity index (χ2v) is 6.64. The Bertz CT molecular complexity index is 396. The molecule has 1 N–H and O–H groups in total. The second kappa shape index (κ2) is 6.56. The first-order valence-electron chi connectivity index (χ1n) is 7.87. The van der Waals surface area contributed by atoms with E-state index in [0.29, 0.717) is 11.8 Å². The molecule has 0 amide bonds. The van der Waals surface area contributed by atoms with E-state index in [1.165, 1.54) is 31.2 Å². The van der Waals surface area contributed by atoms with Crippen LogP contribution < -0.4 is 0 Å². The van der Waals surface area contributed by atoms with Gasteiger partial charge in [-0.1, -0.05) is 57.9 Å². The predicted molar refractivity (Wildman–Crippen MR) is 81.1 cm³/mol. The number of hydrogen-bond donors (Lipinski definition) is 1. The van der Waals surface area contributed by atoms with E-state index >= 15 is 0 Å². The van der Waals surface area contributed by atoms with E-state index in [1.807, 2.05) is 0 Å². The van der Waals surface area contributed by atoms with Crippen LogP contribution in [0.4, 0.5) is 0 Å². The Labute approximate surface area is 118 Å². The van der Waals surface area contributed by atoms with Gasteiger partial charge < -0.3 is 5.11 Å². The Morgan fingerprint density at radius 2 is 2.05 bits per heavy atom. The standard InChI is InChI=1S/C18H28O/c1-4-14-8-9-17(11-14)18(19)16-7-5-6-15(12-16)10-13(2)3/h5-7,12-14,17-19H,4,8-11H2,1-3H3. The quantitative estimate of drug-likeness (QED) is 0.810. The van der Waals surface area contributed by atoms with Crippen molar-refractivity contribution in [2.24, 2.45) is 17.8 Å². The Morgan fingerprint density at radius 1 is 1.26 bits per heavy atom. The summed E-state index contributed by atoms with van der Waals surface area (Å²) < 4.78 is 0. The summed E-state index contributed by atoms with van der Waals surface area (Å²) >= 11 is 0. The maximum atomic E-state index is 10.6. The van der Waals surface area contributed by atoms with Crippen LogP contribution in [0.15, 0.2) is 24.3 Å². The maximum Gasteiger partial charge on any atom is 0.0818 e. The minimum Gasteiger partial charge on any atom is -0.388 e. The van der Waals surface area contributed by atoms with Crippen molar-refractivity contribution in [2.45, 2.75) is 59.0 Å². The van der Waals surface area contributed by atoms with E-state index in [9.17, 15) is 5.11 Å². The molecular formula is C18H28O. The van der Waals surface area contributed by atoms with Gasteiger partial charge in [-0.15, -0.1) is 0 Å². The van der Waals surface area contributed by atoms with E-state index in [-0.39, 0.29) is 6.10 Å². The average molecular weight is 260 g/mol. The summed E-state index contributed by atoms with van der Waals surface area (Å²) in [6, 6.07) is 8.58. The highest BCUT2D eigenvalue weighted by Crippen LogP contribution is 2.40. The lowest BCUT2D eigenvalue weighted by atomic mass is 9.91. The molecule has 1 aliphatic carbocycles. The Balaban J connectivity index is 2.04. The Kier molecular flexibility index (Phi) is 5.04. The van der Waals surface area contributed by atoms with Gasteiger partial charge in [0.25, 0.3) is 0 Å². The molecule has 0 aromatic heterocycles. The monoisotopic (exact) mass is 260 g/mol. The van der Waals surface area contributed by atoms with E-state index in [0.717, 1.165) is 17.9 Å². The van der Waals surface area contributed by atoms with Crippen LogP contribution >= 0.6 is 0 Å². The smallest absolute Gasteiger partial charge is 0.0818 e. The maximum absolute atomic E-state index is 10.6. The van der Waals surface area contributed by atoms with Gasteiger partial charge in [0.2, 0.25) is 0 Å². The largest absolute Gasteiger partial charge is 0.388 e. The zero-order valence-electron chi connectivity index (χ0n) is 12.6. The average Bonchev–Trinajstić information content (AvgIpc) is 2.86. The predicted octanol–water partition coefficient (Wildman–Crippen LogP) is 4.74. The van der Waals surface area contributed by atoms with Crippen molar-refractivity contribution in [1.82, 2.24) is 0 Å². The fourth-order valence-corrected chi connectivity index (χ4v) is 3.42. The van der Waals surface area contributed by atoms with Crippen LogP contribution in [-0.2, 0) is 6.42 Å². The first-order valence-corrected chi connectivity index (χ1v) is 7.87. The summed E-state index contributed by atoms with van der Waals surface area (Å²) in [4.78, 5) is 0. The molecule has 1 aliphatic rings. The Morgan fingerprint density at radius 3 is 2.68 bits per heavy atom. The van der Waals surface area contributed by atoms with Gasteiger partial charge in [0, 0.05) is 0 Å². The second-order valence-electron chi connectivity index (χ2n) is 6.64. The first kappa shape index (κ1) is 14.6. The summed E-state index contributed by atoms with van der Waals surface area (Å²) in [7, 11) is 0. The lowest BCUT2D eigenvalue weighted by Crippen LogP contribution is -2.10. The molecule has 0 heterocycles. The van der Waals surface area contributed by atoms with Crippen molar-refractivity contribution in [3.63, 3.8) is 0 Å². The molecule has 106 valence electrons. The van der Waals surface area contributed by atoms with E-state index < -0.39 is 0 Å². The summed E-state index contributed by atoms with van der Waals surface area (Å²) in [5, 5.41) is 10.6. The SMILES string of the molecule is CCC1CCC(C(O)c2cccc(CC(C)C)c2)C1. The molecule has 0 bridgehead atoms. The molecule has 19 heavy (non-hydrogen) atoms. The van der Waals surface area contributed by atoms with Gasteiger partial charge in [-0.2, -0.15) is 0 Å². The lowest BCUT2D eigenvalue weighted by molar-refractivity contribution is 0.109. The number of benzene rings is 1. The van der Waals surface area contributed by atoms with E-state index in [4.69, 9.17) is 0 Å². The summed E-state index contributed by atoms with van der Waals surface area (Å²) in [6.45, 7) is 6.75. The zero-order chi connectivity index (χ0) is 13.8. The van der Waals surface area contributed by atoms with Crippen molar-refractivity contribution >= 4 is 0 Å². The third kappa shape index (κ3) is 3.82. The van der Waals surface area contributed by atoms with Crippen molar-refractivity contribution in [3.8, 4) is 0 Å². The van der Waals surface area contributed by atoms with Gasteiger partial charge in [-0.05, 0) is 48.1 Å². The van der Waals surface area contributed by atoms with Crippen molar-refractivity contribution < 1.29 is 5.11 Å². The molecule has 1 aromatic carbocycles. The van der Waals surface area contributed by atoms with Gasteiger partial charge in [-0.3, -0.25) is 0 Å². The van der Waals surface area contributed by atoms with Crippen molar-refractivity contribution in [1.29, 1.82) is 0 Å². The van der Waals surface area contributed by atoms with Gasteiger partial charge in [0.05, 0.1) is 6.10 Å². The minimum atomic E-state index is -0.260. The molecule has 2 rings (SSSR count). The van der Waals surface area contributed by atoms with Crippen LogP contribution in [0, 0.1) is 17.8 Å². The van der Waals surface area contributed by atoms with Crippen molar-refractivity contribution in [3.05, 3.63) is 35.4 Å². The van der Waals surface area contributed by atoms with Crippen LogP contribution in [0.25, 0.3) is 0 Å². The zero-order valence-corrected chi connectivity index (χ0v) is 12.6. The highest BCUT2D eigenvalue weighted by molar-refractivity contribution is 5.26. The third-order valence-corrected chi connectivity index (χ3v) is 4.54. The van der Waals surface area contributed by atoms with Gasteiger partial charge >= 0.3 is 0 Å². The minimum absolute atomic E-state index is 0.260. The van der Waals surface area contributed by atoms with E-state index in [2.05, 4.69) is 45.0 Å².